The van der Waals surface area contributed by atoms with Gasteiger partial charge in [-0.05, 0) is 72.5 Å². The second-order valence-corrected chi connectivity index (χ2v) is 11.0. The number of hydrogen-bond acceptors (Lipinski definition) is 7. The molecular weight excluding hydrogens is 437 g/mol. The Kier molecular flexibility index (Phi) is 5.97. The molecule has 10 heteroatoms. The van der Waals surface area contributed by atoms with Crippen molar-refractivity contribution in [1.82, 2.24) is 14.5 Å². The number of benzene rings is 1. The molecule has 0 bridgehead atoms. The molecule has 3 heterocycles. The Morgan fingerprint density at radius 3 is 2.41 bits per heavy atom. The maximum absolute atomic E-state index is 13.5. The maximum Gasteiger partial charge on any atom is 0.495 e. The van der Waals surface area contributed by atoms with E-state index in [0.29, 0.717) is 36.2 Å². The SMILES string of the molecule is COc1cc(B2OC(C)(C)C(C)(C)O2)cc2ncn(C3CCN(C(=O)OC(C)(C)C)C3)c(=O)c12. The van der Waals surface area contributed by atoms with Crippen LogP contribution in [0.15, 0.2) is 23.3 Å². The lowest BCUT2D eigenvalue weighted by atomic mass is 9.78. The average molecular weight is 471 g/mol. The van der Waals surface area contributed by atoms with E-state index in [1.807, 2.05) is 54.5 Å². The third kappa shape index (κ3) is 4.41. The van der Waals surface area contributed by atoms with Crippen molar-refractivity contribution >= 4 is 29.6 Å². The molecule has 0 spiro atoms. The van der Waals surface area contributed by atoms with Gasteiger partial charge in [-0.1, -0.05) is 0 Å². The number of amides is 1. The van der Waals surface area contributed by atoms with Crippen LogP contribution in [0.5, 0.6) is 5.75 Å². The summed E-state index contributed by atoms with van der Waals surface area (Å²) in [5.74, 6) is 0.413. The van der Waals surface area contributed by atoms with Crippen LogP contribution in [0.25, 0.3) is 10.9 Å². The third-order valence-corrected chi connectivity index (χ3v) is 6.83. The van der Waals surface area contributed by atoms with Gasteiger partial charge in [-0.3, -0.25) is 9.36 Å². The van der Waals surface area contributed by atoms with Crippen LogP contribution in [0.4, 0.5) is 4.79 Å². The van der Waals surface area contributed by atoms with Crippen molar-refractivity contribution in [3.8, 4) is 5.75 Å². The van der Waals surface area contributed by atoms with Crippen LogP contribution in [-0.2, 0) is 14.0 Å². The summed E-state index contributed by atoms with van der Waals surface area (Å²) in [6.07, 6.45) is 1.81. The predicted octanol–water partition coefficient (Wildman–Crippen LogP) is 2.89. The first-order valence-electron chi connectivity index (χ1n) is 11.6. The molecule has 1 atom stereocenters. The van der Waals surface area contributed by atoms with E-state index in [1.54, 1.807) is 21.9 Å². The van der Waals surface area contributed by atoms with Crippen molar-refractivity contribution in [2.45, 2.75) is 77.7 Å². The minimum absolute atomic E-state index is 0.190. The van der Waals surface area contributed by atoms with E-state index in [4.69, 9.17) is 18.8 Å². The zero-order valence-corrected chi connectivity index (χ0v) is 21.3. The number of carbonyl (C=O) groups excluding carboxylic acids is 1. The van der Waals surface area contributed by atoms with Gasteiger partial charge in [-0.2, -0.15) is 0 Å². The highest BCUT2D eigenvalue weighted by Crippen LogP contribution is 2.37. The zero-order chi connectivity index (χ0) is 25.1. The fourth-order valence-electron chi connectivity index (χ4n) is 4.24. The molecule has 1 unspecified atom stereocenters. The van der Waals surface area contributed by atoms with E-state index in [9.17, 15) is 9.59 Å². The summed E-state index contributed by atoms with van der Waals surface area (Å²) in [4.78, 5) is 32.1. The van der Waals surface area contributed by atoms with E-state index in [-0.39, 0.29) is 17.7 Å². The molecule has 1 amide bonds. The Morgan fingerprint density at radius 2 is 1.82 bits per heavy atom. The number of nitrogens with zero attached hydrogens (tertiary/aromatic N) is 3. The highest BCUT2D eigenvalue weighted by molar-refractivity contribution is 6.62. The molecule has 0 aliphatic carbocycles. The number of methoxy groups -OCH3 is 1. The monoisotopic (exact) mass is 471 g/mol. The topological polar surface area (TPSA) is 92.1 Å². The summed E-state index contributed by atoms with van der Waals surface area (Å²) in [6.45, 7) is 14.4. The molecule has 1 aromatic carbocycles. The van der Waals surface area contributed by atoms with Crippen LogP contribution in [0.1, 0.15) is 60.9 Å². The lowest BCUT2D eigenvalue weighted by molar-refractivity contribution is 0.00578. The van der Waals surface area contributed by atoms with Crippen molar-refractivity contribution in [2.75, 3.05) is 20.2 Å². The Hall–Kier alpha value is -2.59. The van der Waals surface area contributed by atoms with E-state index in [2.05, 4.69) is 4.98 Å². The average Bonchev–Trinajstić information content (AvgIpc) is 3.28. The normalized spacial score (nSPS) is 21.8. The number of rotatable bonds is 3. The molecule has 9 nitrogen and oxygen atoms in total. The lowest BCUT2D eigenvalue weighted by Gasteiger charge is -2.32. The number of fused-ring (bicyclic) bond motifs is 1. The molecular formula is C24H34BN3O6. The standard InChI is InChI=1S/C24H34BN3O6/c1-22(2,3)32-21(30)27-10-9-16(13-27)28-14-26-17-11-15(12-18(31-8)19(17)20(28)29)25-33-23(4,5)24(6,7)34-25/h11-12,14,16H,9-10,13H2,1-8H3. The molecule has 4 rings (SSSR count). The van der Waals surface area contributed by atoms with Crippen LogP contribution >= 0.6 is 0 Å². The predicted molar refractivity (Wildman–Crippen MR) is 130 cm³/mol. The van der Waals surface area contributed by atoms with E-state index >= 15 is 0 Å². The van der Waals surface area contributed by atoms with Crippen molar-refractivity contribution < 1.29 is 23.6 Å². The molecule has 2 aromatic rings. The van der Waals surface area contributed by atoms with Gasteiger partial charge in [0.1, 0.15) is 16.7 Å². The smallest absolute Gasteiger partial charge is 0.495 e. The first-order valence-corrected chi connectivity index (χ1v) is 11.6. The van der Waals surface area contributed by atoms with E-state index < -0.39 is 23.9 Å². The number of likely N-dealkylation sites (tertiary alicyclic amines) is 1. The highest BCUT2D eigenvalue weighted by atomic mass is 16.7. The lowest BCUT2D eigenvalue weighted by Crippen LogP contribution is -2.41. The first-order chi connectivity index (χ1) is 15.7. The van der Waals surface area contributed by atoms with Gasteiger partial charge in [0.15, 0.2) is 0 Å². The Bertz CT molecular complexity index is 1150. The van der Waals surface area contributed by atoms with Gasteiger partial charge in [-0.25, -0.2) is 9.78 Å². The first kappa shape index (κ1) is 24.5. The highest BCUT2D eigenvalue weighted by Gasteiger charge is 2.52. The number of ether oxygens (including phenoxy) is 2. The summed E-state index contributed by atoms with van der Waals surface area (Å²) in [6, 6.07) is 3.40. The van der Waals surface area contributed by atoms with Gasteiger partial charge in [0.2, 0.25) is 0 Å². The van der Waals surface area contributed by atoms with Crippen molar-refractivity contribution in [3.63, 3.8) is 0 Å². The fraction of sp³-hybridized carbons (Fsp3) is 0.625. The van der Waals surface area contributed by atoms with Crippen LogP contribution in [0.3, 0.4) is 0 Å². The van der Waals surface area contributed by atoms with Gasteiger partial charge < -0.3 is 23.7 Å². The van der Waals surface area contributed by atoms with Crippen molar-refractivity contribution in [1.29, 1.82) is 0 Å². The third-order valence-electron chi connectivity index (χ3n) is 6.83. The molecule has 0 N–H and O–H groups in total. The minimum atomic E-state index is -0.593. The molecule has 0 radical (unpaired) electrons. The largest absolute Gasteiger partial charge is 0.496 e. The summed E-state index contributed by atoms with van der Waals surface area (Å²) in [5, 5.41) is 0.390. The molecule has 34 heavy (non-hydrogen) atoms. The summed E-state index contributed by atoms with van der Waals surface area (Å²) >= 11 is 0. The van der Waals surface area contributed by atoms with Gasteiger partial charge in [-0.15, -0.1) is 0 Å². The number of carbonyl (C=O) groups is 1. The molecule has 2 aliphatic heterocycles. The van der Waals surface area contributed by atoms with Gasteiger partial charge >= 0.3 is 13.2 Å². The summed E-state index contributed by atoms with van der Waals surface area (Å²) in [7, 11) is 0.934. The number of hydrogen-bond donors (Lipinski definition) is 0. The van der Waals surface area contributed by atoms with Crippen molar-refractivity contribution in [3.05, 3.63) is 28.8 Å². The minimum Gasteiger partial charge on any atom is -0.496 e. The van der Waals surface area contributed by atoms with Gasteiger partial charge in [0.05, 0.1) is 36.2 Å². The Morgan fingerprint density at radius 1 is 1.18 bits per heavy atom. The molecule has 2 saturated heterocycles. The van der Waals surface area contributed by atoms with Crippen LogP contribution < -0.4 is 15.8 Å². The second-order valence-electron chi connectivity index (χ2n) is 11.0. The molecule has 1 aromatic heterocycles. The summed E-state index contributed by atoms with van der Waals surface area (Å²) in [5.41, 5.74) is -0.507. The van der Waals surface area contributed by atoms with E-state index in [0.717, 1.165) is 5.46 Å². The molecule has 184 valence electrons. The summed E-state index contributed by atoms with van der Waals surface area (Å²) < 4.78 is 25.0. The van der Waals surface area contributed by atoms with E-state index in [1.165, 1.54) is 7.11 Å². The fourth-order valence-corrected chi connectivity index (χ4v) is 4.24. The number of aromatic nitrogens is 2. The van der Waals surface area contributed by atoms with Crippen molar-refractivity contribution in [2.24, 2.45) is 0 Å². The Labute approximate surface area is 200 Å². The molecule has 2 fully saturated rings. The molecule has 2 aliphatic rings. The van der Waals surface area contributed by atoms with Gasteiger partial charge in [0, 0.05) is 13.1 Å². The van der Waals surface area contributed by atoms with Gasteiger partial charge in [0.25, 0.3) is 5.56 Å². The second kappa shape index (κ2) is 8.27. The van der Waals surface area contributed by atoms with Crippen LogP contribution in [-0.4, -0.2) is 64.7 Å². The zero-order valence-electron chi connectivity index (χ0n) is 21.3. The maximum atomic E-state index is 13.5. The Balaban J connectivity index is 1.64. The van der Waals surface area contributed by atoms with Crippen LogP contribution in [0, 0.1) is 0 Å². The quantitative estimate of drug-likeness (QED) is 0.636. The van der Waals surface area contributed by atoms with Crippen LogP contribution in [0.2, 0.25) is 0 Å². The molecule has 0 saturated carbocycles.